The zero-order valence-electron chi connectivity index (χ0n) is 15.5. The molecule has 1 atom stereocenters. The number of amides is 1. The molecule has 4 rings (SSSR count). The molecule has 0 aliphatic carbocycles. The van der Waals surface area contributed by atoms with Gasteiger partial charge >= 0.3 is 0 Å². The monoisotopic (exact) mass is 360 g/mol. The highest BCUT2D eigenvalue weighted by molar-refractivity contribution is 5.80. The van der Waals surface area contributed by atoms with Crippen LogP contribution in [0.15, 0.2) is 18.6 Å². The van der Waals surface area contributed by atoms with Crippen LogP contribution >= 0.6 is 0 Å². The van der Waals surface area contributed by atoms with Crippen LogP contribution in [0.2, 0.25) is 0 Å². The number of nitrogens with zero attached hydrogens (tertiary/aromatic N) is 4. The standard InChI is InChI=1S/C19H28N4O3/c1-2-22-8-3-15(4-9-22)18(24)23-13-19(14-23)11-16(5-10-25-19)26-17-12-20-6-7-21-17/h6-7,12,15-16H,2-5,8-11,13-14H2,1H3/t16-/m1/s1. The lowest BCUT2D eigenvalue weighted by atomic mass is 9.83. The fourth-order valence-corrected chi connectivity index (χ4v) is 4.38. The molecular weight excluding hydrogens is 332 g/mol. The van der Waals surface area contributed by atoms with Crippen molar-refractivity contribution >= 4 is 5.91 Å². The molecular formula is C19H28N4O3. The lowest BCUT2D eigenvalue weighted by molar-refractivity contribution is -0.196. The van der Waals surface area contributed by atoms with Gasteiger partial charge in [-0.3, -0.25) is 9.78 Å². The minimum atomic E-state index is -0.231. The first kappa shape index (κ1) is 17.7. The summed E-state index contributed by atoms with van der Waals surface area (Å²) in [6.45, 7) is 7.39. The maximum Gasteiger partial charge on any atom is 0.232 e. The van der Waals surface area contributed by atoms with Crippen molar-refractivity contribution in [1.29, 1.82) is 0 Å². The van der Waals surface area contributed by atoms with Crippen molar-refractivity contribution in [2.75, 3.05) is 39.3 Å². The van der Waals surface area contributed by atoms with Gasteiger partial charge in [-0.15, -0.1) is 0 Å². The van der Waals surface area contributed by atoms with Crippen molar-refractivity contribution in [1.82, 2.24) is 19.8 Å². The van der Waals surface area contributed by atoms with E-state index in [9.17, 15) is 4.79 Å². The van der Waals surface area contributed by atoms with Crippen LogP contribution in [0.25, 0.3) is 0 Å². The second kappa shape index (κ2) is 7.48. The number of ether oxygens (including phenoxy) is 2. The molecule has 3 fully saturated rings. The number of aromatic nitrogens is 2. The smallest absolute Gasteiger partial charge is 0.232 e. The fraction of sp³-hybridized carbons (Fsp3) is 0.737. The molecule has 1 amide bonds. The van der Waals surface area contributed by atoms with Crippen molar-refractivity contribution < 1.29 is 14.3 Å². The summed E-state index contributed by atoms with van der Waals surface area (Å²) >= 11 is 0. The largest absolute Gasteiger partial charge is 0.473 e. The van der Waals surface area contributed by atoms with E-state index in [-0.39, 0.29) is 17.6 Å². The Labute approximate surface area is 154 Å². The Morgan fingerprint density at radius 2 is 2.12 bits per heavy atom. The third kappa shape index (κ3) is 3.69. The second-order valence-corrected chi connectivity index (χ2v) is 7.71. The summed E-state index contributed by atoms with van der Waals surface area (Å²) in [6, 6.07) is 0. The summed E-state index contributed by atoms with van der Waals surface area (Å²) in [7, 11) is 0. The Hall–Kier alpha value is -1.73. The van der Waals surface area contributed by atoms with E-state index in [1.807, 2.05) is 4.90 Å². The van der Waals surface area contributed by atoms with Crippen molar-refractivity contribution in [2.24, 2.45) is 5.92 Å². The third-order valence-corrected chi connectivity index (χ3v) is 5.93. The lowest BCUT2D eigenvalue weighted by Crippen LogP contribution is -2.68. The summed E-state index contributed by atoms with van der Waals surface area (Å²) in [6.07, 6.45) is 8.61. The second-order valence-electron chi connectivity index (χ2n) is 7.71. The third-order valence-electron chi connectivity index (χ3n) is 5.93. The van der Waals surface area contributed by atoms with Gasteiger partial charge in [0, 0.05) is 31.2 Å². The first-order chi connectivity index (χ1) is 12.7. The number of hydrogen-bond acceptors (Lipinski definition) is 6. The predicted molar refractivity (Wildman–Crippen MR) is 95.8 cm³/mol. The zero-order valence-corrected chi connectivity index (χ0v) is 15.5. The maximum absolute atomic E-state index is 12.8. The van der Waals surface area contributed by atoms with E-state index < -0.39 is 0 Å². The van der Waals surface area contributed by atoms with E-state index in [0.717, 1.165) is 45.3 Å². The predicted octanol–water partition coefficient (Wildman–Crippen LogP) is 1.35. The molecule has 4 heterocycles. The van der Waals surface area contributed by atoms with Gasteiger partial charge in [-0.05, 0) is 32.5 Å². The minimum Gasteiger partial charge on any atom is -0.473 e. The Balaban J connectivity index is 1.28. The van der Waals surface area contributed by atoms with Gasteiger partial charge in [0.05, 0.1) is 25.9 Å². The van der Waals surface area contributed by atoms with Crippen molar-refractivity contribution in [2.45, 2.75) is 44.3 Å². The molecule has 26 heavy (non-hydrogen) atoms. The van der Waals surface area contributed by atoms with Crippen LogP contribution in [0, 0.1) is 5.92 Å². The maximum atomic E-state index is 12.8. The van der Waals surface area contributed by atoms with E-state index in [1.165, 1.54) is 0 Å². The van der Waals surface area contributed by atoms with E-state index in [0.29, 0.717) is 31.5 Å². The van der Waals surface area contributed by atoms with Crippen LogP contribution in [0.1, 0.15) is 32.6 Å². The van der Waals surface area contributed by atoms with Crippen LogP contribution in [0.3, 0.4) is 0 Å². The highest BCUT2D eigenvalue weighted by Crippen LogP contribution is 2.37. The molecule has 0 aromatic carbocycles. The molecule has 0 saturated carbocycles. The van der Waals surface area contributed by atoms with Gasteiger partial charge in [0.1, 0.15) is 11.7 Å². The van der Waals surface area contributed by atoms with Gasteiger partial charge in [-0.25, -0.2) is 4.98 Å². The molecule has 3 aliphatic rings. The van der Waals surface area contributed by atoms with Gasteiger partial charge in [0.2, 0.25) is 11.8 Å². The lowest BCUT2D eigenvalue weighted by Gasteiger charge is -2.53. The molecule has 1 spiro atoms. The molecule has 0 N–H and O–H groups in total. The summed E-state index contributed by atoms with van der Waals surface area (Å²) in [4.78, 5) is 25.4. The minimum absolute atomic E-state index is 0.0745. The number of rotatable bonds is 4. The average Bonchev–Trinajstić information content (AvgIpc) is 2.66. The topological polar surface area (TPSA) is 67.8 Å². The molecule has 3 aliphatic heterocycles. The summed E-state index contributed by atoms with van der Waals surface area (Å²) < 4.78 is 12.0. The van der Waals surface area contributed by atoms with Crippen LogP contribution in [-0.4, -0.2) is 76.7 Å². The van der Waals surface area contributed by atoms with Crippen molar-refractivity contribution in [3.05, 3.63) is 18.6 Å². The first-order valence-corrected chi connectivity index (χ1v) is 9.75. The Morgan fingerprint density at radius 1 is 1.31 bits per heavy atom. The fourth-order valence-electron chi connectivity index (χ4n) is 4.38. The number of carbonyl (C=O) groups excluding carboxylic acids is 1. The highest BCUT2D eigenvalue weighted by atomic mass is 16.5. The van der Waals surface area contributed by atoms with E-state index in [2.05, 4.69) is 21.8 Å². The summed E-state index contributed by atoms with van der Waals surface area (Å²) in [5, 5.41) is 0. The number of likely N-dealkylation sites (tertiary alicyclic amines) is 2. The van der Waals surface area contributed by atoms with E-state index >= 15 is 0 Å². The molecule has 1 aromatic rings. The molecule has 1 aromatic heterocycles. The Kier molecular flexibility index (Phi) is 5.09. The quantitative estimate of drug-likeness (QED) is 0.807. The van der Waals surface area contributed by atoms with Crippen LogP contribution in [-0.2, 0) is 9.53 Å². The number of piperidine rings is 1. The molecule has 0 radical (unpaired) electrons. The molecule has 7 nitrogen and oxygen atoms in total. The van der Waals surface area contributed by atoms with Crippen molar-refractivity contribution in [3.63, 3.8) is 0 Å². The van der Waals surface area contributed by atoms with E-state index in [4.69, 9.17) is 9.47 Å². The van der Waals surface area contributed by atoms with Gasteiger partial charge in [-0.2, -0.15) is 0 Å². The number of hydrogen-bond donors (Lipinski definition) is 0. The molecule has 0 bridgehead atoms. The molecule has 0 unspecified atom stereocenters. The molecule has 7 heteroatoms. The van der Waals surface area contributed by atoms with Crippen LogP contribution in [0.4, 0.5) is 0 Å². The first-order valence-electron chi connectivity index (χ1n) is 9.75. The Bertz CT molecular complexity index is 612. The van der Waals surface area contributed by atoms with Gasteiger partial charge in [-0.1, -0.05) is 6.92 Å². The summed E-state index contributed by atoms with van der Waals surface area (Å²) in [5.41, 5.74) is -0.231. The SMILES string of the molecule is CCN1CCC(C(=O)N2CC3(C[C@H](Oc4cnccn4)CCO3)C2)CC1. The van der Waals surface area contributed by atoms with Gasteiger partial charge < -0.3 is 19.3 Å². The normalized spacial score (nSPS) is 26.5. The van der Waals surface area contributed by atoms with Gasteiger partial charge in [0.15, 0.2) is 0 Å². The van der Waals surface area contributed by atoms with Gasteiger partial charge in [0.25, 0.3) is 0 Å². The average molecular weight is 360 g/mol. The molecule has 142 valence electrons. The van der Waals surface area contributed by atoms with E-state index in [1.54, 1.807) is 18.6 Å². The summed E-state index contributed by atoms with van der Waals surface area (Å²) in [5.74, 6) is 1.06. The molecule has 3 saturated heterocycles. The Morgan fingerprint density at radius 3 is 2.81 bits per heavy atom. The highest BCUT2D eigenvalue weighted by Gasteiger charge is 2.50. The van der Waals surface area contributed by atoms with Crippen LogP contribution in [0.5, 0.6) is 5.88 Å². The zero-order chi connectivity index (χ0) is 18.0. The van der Waals surface area contributed by atoms with Crippen molar-refractivity contribution in [3.8, 4) is 5.88 Å². The van der Waals surface area contributed by atoms with Crippen LogP contribution < -0.4 is 4.74 Å². The number of carbonyl (C=O) groups is 1.